The standard InChI is InChI=1S/C11H16N2O/c1-8(2)13-11(9-3-4-9)10(5-6-14)7-12-13/h6-9H,3-5H2,1-2H3. The van der Waals surface area contributed by atoms with E-state index in [1.165, 1.54) is 18.5 Å². The molecule has 3 heteroatoms. The maximum Gasteiger partial charge on any atom is 0.124 e. The molecule has 1 aromatic heterocycles. The Morgan fingerprint density at radius 1 is 1.64 bits per heavy atom. The molecule has 2 rings (SSSR count). The Balaban J connectivity index is 2.35. The van der Waals surface area contributed by atoms with E-state index in [0.29, 0.717) is 18.4 Å². The van der Waals surface area contributed by atoms with Gasteiger partial charge in [0.15, 0.2) is 0 Å². The van der Waals surface area contributed by atoms with Crippen LogP contribution < -0.4 is 0 Å². The van der Waals surface area contributed by atoms with Crippen molar-refractivity contribution < 1.29 is 4.79 Å². The Labute approximate surface area is 84.1 Å². The monoisotopic (exact) mass is 192 g/mol. The number of aldehydes is 1. The average molecular weight is 192 g/mol. The molecule has 0 aromatic carbocycles. The van der Waals surface area contributed by atoms with Crippen LogP contribution in [0.15, 0.2) is 6.20 Å². The van der Waals surface area contributed by atoms with Crippen molar-refractivity contribution in [2.24, 2.45) is 0 Å². The Hall–Kier alpha value is -1.12. The van der Waals surface area contributed by atoms with Gasteiger partial charge in [0.05, 0.1) is 6.20 Å². The van der Waals surface area contributed by atoms with Crippen LogP contribution in [0.3, 0.4) is 0 Å². The molecule has 0 unspecified atom stereocenters. The number of carbonyl (C=O) groups is 1. The summed E-state index contributed by atoms with van der Waals surface area (Å²) >= 11 is 0. The molecule has 0 amide bonds. The van der Waals surface area contributed by atoms with Crippen LogP contribution in [0.1, 0.15) is 49.9 Å². The molecule has 0 aliphatic heterocycles. The Kier molecular flexibility index (Phi) is 2.40. The smallest absolute Gasteiger partial charge is 0.124 e. The second-order valence-corrected chi connectivity index (χ2v) is 4.24. The fourth-order valence-electron chi connectivity index (χ4n) is 1.87. The van der Waals surface area contributed by atoms with Gasteiger partial charge < -0.3 is 4.79 Å². The van der Waals surface area contributed by atoms with Crippen LogP contribution >= 0.6 is 0 Å². The number of nitrogens with zero attached hydrogens (tertiary/aromatic N) is 2. The van der Waals surface area contributed by atoms with Crippen molar-refractivity contribution in [1.82, 2.24) is 9.78 Å². The van der Waals surface area contributed by atoms with Gasteiger partial charge in [-0.2, -0.15) is 5.10 Å². The van der Waals surface area contributed by atoms with Crippen LogP contribution in [0.2, 0.25) is 0 Å². The minimum Gasteiger partial charge on any atom is -0.303 e. The first kappa shape index (κ1) is 9.44. The maximum atomic E-state index is 10.5. The highest BCUT2D eigenvalue weighted by molar-refractivity contribution is 5.55. The lowest BCUT2D eigenvalue weighted by Crippen LogP contribution is -2.07. The van der Waals surface area contributed by atoms with Crippen molar-refractivity contribution in [3.8, 4) is 0 Å². The van der Waals surface area contributed by atoms with Gasteiger partial charge in [-0.15, -0.1) is 0 Å². The third kappa shape index (κ3) is 1.59. The van der Waals surface area contributed by atoms with Crippen molar-refractivity contribution in [2.75, 3.05) is 0 Å². The van der Waals surface area contributed by atoms with E-state index in [1.54, 1.807) is 0 Å². The molecule has 0 spiro atoms. The van der Waals surface area contributed by atoms with Gasteiger partial charge in [-0.1, -0.05) is 0 Å². The molecule has 1 fully saturated rings. The zero-order chi connectivity index (χ0) is 10.1. The van der Waals surface area contributed by atoms with E-state index in [0.717, 1.165) is 11.8 Å². The lowest BCUT2D eigenvalue weighted by molar-refractivity contribution is -0.107. The van der Waals surface area contributed by atoms with E-state index in [9.17, 15) is 4.79 Å². The minimum absolute atomic E-state index is 0.394. The van der Waals surface area contributed by atoms with Gasteiger partial charge in [-0.3, -0.25) is 4.68 Å². The summed E-state index contributed by atoms with van der Waals surface area (Å²) in [5, 5.41) is 4.35. The molecule has 1 aliphatic rings. The number of hydrogen-bond donors (Lipinski definition) is 0. The van der Waals surface area contributed by atoms with Crippen LogP contribution in [0, 0.1) is 0 Å². The Bertz CT molecular complexity index is 337. The summed E-state index contributed by atoms with van der Waals surface area (Å²) in [6.45, 7) is 4.26. The van der Waals surface area contributed by atoms with Crippen LogP contribution in [0.4, 0.5) is 0 Å². The zero-order valence-electron chi connectivity index (χ0n) is 8.73. The van der Waals surface area contributed by atoms with Crippen LogP contribution in [-0.4, -0.2) is 16.1 Å². The van der Waals surface area contributed by atoms with Crippen molar-refractivity contribution in [3.05, 3.63) is 17.5 Å². The maximum absolute atomic E-state index is 10.5. The van der Waals surface area contributed by atoms with Gasteiger partial charge in [0.2, 0.25) is 0 Å². The van der Waals surface area contributed by atoms with Crippen LogP contribution in [-0.2, 0) is 11.2 Å². The summed E-state index contributed by atoms with van der Waals surface area (Å²) in [4.78, 5) is 10.5. The van der Waals surface area contributed by atoms with E-state index in [-0.39, 0.29) is 0 Å². The quantitative estimate of drug-likeness (QED) is 0.684. The average Bonchev–Trinajstić information content (AvgIpc) is 2.88. The van der Waals surface area contributed by atoms with Gasteiger partial charge in [0.25, 0.3) is 0 Å². The molecule has 14 heavy (non-hydrogen) atoms. The first-order valence-corrected chi connectivity index (χ1v) is 5.24. The van der Waals surface area contributed by atoms with Gasteiger partial charge in [0, 0.05) is 29.6 Å². The molecule has 0 atom stereocenters. The second kappa shape index (κ2) is 3.56. The molecule has 1 heterocycles. The second-order valence-electron chi connectivity index (χ2n) is 4.24. The number of aromatic nitrogens is 2. The SMILES string of the molecule is CC(C)n1ncc(CC=O)c1C1CC1. The van der Waals surface area contributed by atoms with E-state index in [1.807, 2.05) is 6.20 Å². The molecule has 0 radical (unpaired) electrons. The predicted molar refractivity (Wildman–Crippen MR) is 54.4 cm³/mol. The largest absolute Gasteiger partial charge is 0.303 e. The molecular weight excluding hydrogens is 176 g/mol. The molecule has 1 aliphatic carbocycles. The van der Waals surface area contributed by atoms with Crippen LogP contribution in [0.5, 0.6) is 0 Å². The lowest BCUT2D eigenvalue weighted by atomic mass is 10.1. The Morgan fingerprint density at radius 2 is 2.36 bits per heavy atom. The fraction of sp³-hybridized carbons (Fsp3) is 0.636. The van der Waals surface area contributed by atoms with E-state index in [4.69, 9.17) is 0 Å². The Morgan fingerprint density at radius 3 is 2.86 bits per heavy atom. The molecular formula is C11H16N2O. The fourth-order valence-corrected chi connectivity index (χ4v) is 1.87. The zero-order valence-corrected chi connectivity index (χ0v) is 8.73. The topological polar surface area (TPSA) is 34.9 Å². The van der Waals surface area contributed by atoms with Gasteiger partial charge in [0.1, 0.15) is 6.29 Å². The summed E-state index contributed by atoms with van der Waals surface area (Å²) in [5.74, 6) is 0.662. The van der Waals surface area contributed by atoms with E-state index in [2.05, 4.69) is 23.6 Å². The normalized spacial score (nSPS) is 16.2. The van der Waals surface area contributed by atoms with Crippen molar-refractivity contribution in [3.63, 3.8) is 0 Å². The van der Waals surface area contributed by atoms with E-state index >= 15 is 0 Å². The van der Waals surface area contributed by atoms with Crippen molar-refractivity contribution in [2.45, 2.75) is 45.1 Å². The summed E-state index contributed by atoms with van der Waals surface area (Å²) in [6.07, 6.45) is 5.84. The van der Waals surface area contributed by atoms with Gasteiger partial charge in [-0.05, 0) is 26.7 Å². The highest BCUT2D eigenvalue weighted by Gasteiger charge is 2.30. The van der Waals surface area contributed by atoms with E-state index < -0.39 is 0 Å². The number of rotatable bonds is 4. The molecule has 3 nitrogen and oxygen atoms in total. The third-order valence-corrected chi connectivity index (χ3v) is 2.67. The van der Waals surface area contributed by atoms with Gasteiger partial charge >= 0.3 is 0 Å². The first-order chi connectivity index (χ1) is 6.74. The highest BCUT2D eigenvalue weighted by atomic mass is 16.1. The molecule has 0 bridgehead atoms. The molecule has 0 N–H and O–H groups in total. The highest BCUT2D eigenvalue weighted by Crippen LogP contribution is 2.42. The first-order valence-electron chi connectivity index (χ1n) is 5.24. The molecule has 1 saturated carbocycles. The number of carbonyl (C=O) groups excluding carboxylic acids is 1. The minimum atomic E-state index is 0.394. The van der Waals surface area contributed by atoms with Crippen molar-refractivity contribution >= 4 is 6.29 Å². The summed E-state index contributed by atoms with van der Waals surface area (Å²) < 4.78 is 2.07. The van der Waals surface area contributed by atoms with Gasteiger partial charge in [-0.25, -0.2) is 0 Å². The lowest BCUT2D eigenvalue weighted by Gasteiger charge is -2.11. The summed E-state index contributed by atoms with van der Waals surface area (Å²) in [5.41, 5.74) is 2.42. The predicted octanol–water partition coefficient (Wildman–Crippen LogP) is 2.08. The van der Waals surface area contributed by atoms with Crippen molar-refractivity contribution in [1.29, 1.82) is 0 Å². The third-order valence-electron chi connectivity index (χ3n) is 2.67. The molecule has 1 aromatic rings. The van der Waals surface area contributed by atoms with Crippen LogP contribution in [0.25, 0.3) is 0 Å². The summed E-state index contributed by atoms with van der Waals surface area (Å²) in [6, 6.07) is 0.394. The molecule has 0 saturated heterocycles. The molecule has 76 valence electrons. The summed E-state index contributed by atoms with van der Waals surface area (Å²) in [7, 11) is 0. The number of hydrogen-bond acceptors (Lipinski definition) is 2.